The van der Waals surface area contributed by atoms with E-state index in [1.807, 2.05) is 6.07 Å². The summed E-state index contributed by atoms with van der Waals surface area (Å²) >= 11 is 0. The van der Waals surface area contributed by atoms with Crippen LogP contribution < -0.4 is 5.73 Å². The van der Waals surface area contributed by atoms with Crippen LogP contribution in [0.25, 0.3) is 11.0 Å². The van der Waals surface area contributed by atoms with Gasteiger partial charge in [-0.1, -0.05) is 13.0 Å². The minimum Gasteiger partial charge on any atom is -0.330 e. The lowest BCUT2D eigenvalue weighted by Gasteiger charge is -2.14. The predicted molar refractivity (Wildman–Crippen MR) is 81.2 cm³/mol. The Balaban J connectivity index is 2.32. The molecular weight excluding hydrogens is 253 g/mol. The summed E-state index contributed by atoms with van der Waals surface area (Å²) in [5.74, 6) is 1.31. The van der Waals surface area contributed by atoms with E-state index < -0.39 is 0 Å². The van der Waals surface area contributed by atoms with E-state index in [2.05, 4.69) is 30.3 Å². The highest BCUT2D eigenvalue weighted by Gasteiger charge is 2.16. The van der Waals surface area contributed by atoms with Gasteiger partial charge in [0.2, 0.25) is 0 Å². The SMILES string of the molecule is CC(CCN)CCc1nc2c(F)cccc2n1C(C)C. The van der Waals surface area contributed by atoms with Gasteiger partial charge in [-0.25, -0.2) is 9.37 Å². The Morgan fingerprint density at radius 2 is 2.00 bits per heavy atom. The summed E-state index contributed by atoms with van der Waals surface area (Å²) < 4.78 is 16.0. The molecule has 4 heteroatoms. The number of rotatable bonds is 6. The Hall–Kier alpha value is -1.42. The van der Waals surface area contributed by atoms with Crippen LogP contribution in [-0.2, 0) is 6.42 Å². The molecule has 1 heterocycles. The smallest absolute Gasteiger partial charge is 0.151 e. The summed E-state index contributed by atoms with van der Waals surface area (Å²) in [5.41, 5.74) is 6.97. The molecule has 2 rings (SSSR count). The van der Waals surface area contributed by atoms with Crippen molar-refractivity contribution in [1.29, 1.82) is 0 Å². The molecule has 110 valence electrons. The normalized spacial score (nSPS) is 13.3. The molecule has 2 N–H and O–H groups in total. The zero-order chi connectivity index (χ0) is 14.7. The molecule has 0 aliphatic carbocycles. The van der Waals surface area contributed by atoms with Crippen LogP contribution in [0.5, 0.6) is 0 Å². The molecule has 2 aromatic rings. The Morgan fingerprint density at radius 3 is 2.65 bits per heavy atom. The lowest BCUT2D eigenvalue weighted by atomic mass is 10.0. The first-order valence-electron chi connectivity index (χ1n) is 7.40. The van der Waals surface area contributed by atoms with Crippen LogP contribution in [-0.4, -0.2) is 16.1 Å². The quantitative estimate of drug-likeness (QED) is 0.875. The Kier molecular flexibility index (Phi) is 4.76. The van der Waals surface area contributed by atoms with Crippen molar-refractivity contribution in [2.75, 3.05) is 6.54 Å². The Morgan fingerprint density at radius 1 is 1.25 bits per heavy atom. The van der Waals surface area contributed by atoms with Crippen molar-refractivity contribution in [2.45, 2.75) is 46.1 Å². The average Bonchev–Trinajstić information content (AvgIpc) is 2.77. The number of benzene rings is 1. The van der Waals surface area contributed by atoms with Crippen LogP contribution in [0.15, 0.2) is 18.2 Å². The average molecular weight is 277 g/mol. The van der Waals surface area contributed by atoms with Gasteiger partial charge < -0.3 is 10.3 Å². The largest absolute Gasteiger partial charge is 0.330 e. The van der Waals surface area contributed by atoms with Gasteiger partial charge in [0.05, 0.1) is 5.52 Å². The first kappa shape index (κ1) is 15.0. The molecule has 0 amide bonds. The van der Waals surface area contributed by atoms with E-state index in [1.165, 1.54) is 6.07 Å². The fraction of sp³-hybridized carbons (Fsp3) is 0.562. The van der Waals surface area contributed by atoms with E-state index in [0.29, 0.717) is 11.4 Å². The van der Waals surface area contributed by atoms with Gasteiger partial charge in [-0.2, -0.15) is 0 Å². The van der Waals surface area contributed by atoms with E-state index >= 15 is 0 Å². The molecule has 20 heavy (non-hydrogen) atoms. The van der Waals surface area contributed by atoms with Gasteiger partial charge >= 0.3 is 0 Å². The maximum absolute atomic E-state index is 13.9. The second-order valence-corrected chi connectivity index (χ2v) is 5.82. The summed E-state index contributed by atoms with van der Waals surface area (Å²) in [6.45, 7) is 7.14. The van der Waals surface area contributed by atoms with E-state index in [0.717, 1.165) is 37.1 Å². The van der Waals surface area contributed by atoms with Crippen LogP contribution in [0.1, 0.15) is 45.5 Å². The molecule has 1 aromatic heterocycles. The maximum atomic E-state index is 13.9. The molecule has 0 bridgehead atoms. The molecule has 1 atom stereocenters. The summed E-state index contributed by atoms with van der Waals surface area (Å²) in [5, 5.41) is 0. The number of para-hydroxylation sites is 1. The van der Waals surface area contributed by atoms with Gasteiger partial charge in [0, 0.05) is 12.5 Å². The number of imidazole rings is 1. The molecule has 1 unspecified atom stereocenters. The molecule has 0 radical (unpaired) electrons. The summed E-state index contributed by atoms with van der Waals surface area (Å²) in [4.78, 5) is 4.52. The van der Waals surface area contributed by atoms with Crippen molar-refractivity contribution in [1.82, 2.24) is 9.55 Å². The van der Waals surface area contributed by atoms with Crippen molar-refractivity contribution in [3.05, 3.63) is 29.8 Å². The molecule has 0 fully saturated rings. The topological polar surface area (TPSA) is 43.8 Å². The van der Waals surface area contributed by atoms with E-state index in [1.54, 1.807) is 6.07 Å². The van der Waals surface area contributed by atoms with Crippen molar-refractivity contribution in [3.8, 4) is 0 Å². The number of nitrogens with two attached hydrogens (primary N) is 1. The van der Waals surface area contributed by atoms with Gasteiger partial charge in [0.15, 0.2) is 5.82 Å². The summed E-state index contributed by atoms with van der Waals surface area (Å²) in [7, 11) is 0. The lowest BCUT2D eigenvalue weighted by Crippen LogP contribution is -2.10. The van der Waals surface area contributed by atoms with Gasteiger partial charge in [0.25, 0.3) is 0 Å². The fourth-order valence-corrected chi connectivity index (χ4v) is 2.69. The van der Waals surface area contributed by atoms with Crippen LogP contribution >= 0.6 is 0 Å². The Bertz CT molecular complexity index is 574. The van der Waals surface area contributed by atoms with Gasteiger partial charge in [-0.15, -0.1) is 0 Å². The van der Waals surface area contributed by atoms with Crippen molar-refractivity contribution in [2.24, 2.45) is 11.7 Å². The highest BCUT2D eigenvalue weighted by molar-refractivity contribution is 5.76. The van der Waals surface area contributed by atoms with E-state index in [-0.39, 0.29) is 11.9 Å². The van der Waals surface area contributed by atoms with Gasteiger partial charge in [-0.3, -0.25) is 0 Å². The molecular formula is C16H24FN3. The monoisotopic (exact) mass is 277 g/mol. The summed E-state index contributed by atoms with van der Waals surface area (Å²) in [6, 6.07) is 5.44. The number of aryl methyl sites for hydroxylation is 1. The standard InChI is InChI=1S/C16H24FN3/c1-11(2)20-14-6-4-5-13(17)16(14)19-15(20)8-7-12(3)9-10-18/h4-6,11-12H,7-10,18H2,1-3H3. The third-order valence-corrected chi connectivity index (χ3v) is 3.78. The number of aromatic nitrogens is 2. The van der Waals surface area contributed by atoms with Crippen molar-refractivity contribution >= 4 is 11.0 Å². The molecule has 0 saturated carbocycles. The highest BCUT2D eigenvalue weighted by Crippen LogP contribution is 2.24. The third kappa shape index (κ3) is 3.01. The van der Waals surface area contributed by atoms with E-state index in [9.17, 15) is 4.39 Å². The Labute approximate surface area is 120 Å². The number of fused-ring (bicyclic) bond motifs is 1. The number of hydrogen-bond donors (Lipinski definition) is 1. The lowest BCUT2D eigenvalue weighted by molar-refractivity contribution is 0.479. The van der Waals surface area contributed by atoms with Crippen molar-refractivity contribution in [3.63, 3.8) is 0 Å². The minimum atomic E-state index is -0.238. The molecule has 0 aliphatic heterocycles. The van der Waals surface area contributed by atoms with Gasteiger partial charge in [-0.05, 0) is 51.3 Å². The van der Waals surface area contributed by atoms with Gasteiger partial charge in [0.1, 0.15) is 11.3 Å². The van der Waals surface area contributed by atoms with Crippen LogP contribution in [0.3, 0.4) is 0 Å². The molecule has 0 spiro atoms. The van der Waals surface area contributed by atoms with E-state index in [4.69, 9.17) is 5.73 Å². The third-order valence-electron chi connectivity index (χ3n) is 3.78. The molecule has 0 aliphatic rings. The van der Waals surface area contributed by atoms with Crippen LogP contribution in [0.4, 0.5) is 4.39 Å². The number of nitrogens with zero attached hydrogens (tertiary/aromatic N) is 2. The molecule has 1 aromatic carbocycles. The predicted octanol–water partition coefficient (Wildman–Crippen LogP) is 3.67. The number of halogens is 1. The fourth-order valence-electron chi connectivity index (χ4n) is 2.69. The minimum absolute atomic E-state index is 0.238. The molecule has 0 saturated heterocycles. The first-order chi connectivity index (χ1) is 9.54. The van der Waals surface area contributed by atoms with Crippen LogP contribution in [0.2, 0.25) is 0 Å². The first-order valence-corrected chi connectivity index (χ1v) is 7.40. The molecule has 3 nitrogen and oxygen atoms in total. The summed E-state index contributed by atoms with van der Waals surface area (Å²) in [6.07, 6.45) is 2.93. The second kappa shape index (κ2) is 6.35. The number of hydrogen-bond acceptors (Lipinski definition) is 2. The van der Waals surface area contributed by atoms with Crippen molar-refractivity contribution < 1.29 is 4.39 Å². The highest BCUT2D eigenvalue weighted by atomic mass is 19.1. The van der Waals surface area contributed by atoms with Crippen LogP contribution in [0, 0.1) is 11.7 Å². The zero-order valence-corrected chi connectivity index (χ0v) is 12.6. The zero-order valence-electron chi connectivity index (χ0n) is 12.6. The maximum Gasteiger partial charge on any atom is 0.151 e. The second-order valence-electron chi connectivity index (χ2n) is 5.82.